The number of anilines is 3. The highest BCUT2D eigenvalue weighted by atomic mass is 19.1. The molecule has 0 bridgehead atoms. The first-order valence-electron chi connectivity index (χ1n) is 5.78. The van der Waals surface area contributed by atoms with Crippen LogP contribution < -0.4 is 16.4 Å². The molecule has 0 radical (unpaired) electrons. The molecule has 20 heavy (non-hydrogen) atoms. The van der Waals surface area contributed by atoms with E-state index in [0.29, 0.717) is 11.8 Å². The first-order valence-corrected chi connectivity index (χ1v) is 5.78. The van der Waals surface area contributed by atoms with Gasteiger partial charge in [-0.05, 0) is 30.3 Å². The van der Waals surface area contributed by atoms with Gasteiger partial charge in [0, 0.05) is 24.5 Å². The lowest BCUT2D eigenvalue weighted by Gasteiger charge is -2.19. The van der Waals surface area contributed by atoms with Crippen LogP contribution in [0, 0.1) is 11.6 Å². The minimum Gasteiger partial charge on any atom is -0.399 e. The van der Waals surface area contributed by atoms with Gasteiger partial charge in [0.05, 0.1) is 11.3 Å². The summed E-state index contributed by atoms with van der Waals surface area (Å²) in [5.74, 6) is -2.07. The molecule has 2 aromatic carbocycles. The molecule has 4 N–H and O–H groups in total. The molecule has 0 heterocycles. The topological polar surface area (TPSA) is 72.3 Å². The van der Waals surface area contributed by atoms with E-state index in [2.05, 4.69) is 0 Å². The molecule has 0 aliphatic carbocycles. The third-order valence-corrected chi connectivity index (χ3v) is 2.88. The van der Waals surface area contributed by atoms with Crippen molar-refractivity contribution in [2.24, 2.45) is 0 Å². The molecule has 0 saturated heterocycles. The smallest absolute Gasteiger partial charge is 0.260 e. The van der Waals surface area contributed by atoms with Gasteiger partial charge in [0.15, 0.2) is 0 Å². The molecule has 104 valence electrons. The fraction of sp³-hybridized carbons (Fsp3) is 0.0714. The summed E-state index contributed by atoms with van der Waals surface area (Å²) in [6.45, 7) is 0. The van der Waals surface area contributed by atoms with Crippen molar-refractivity contribution in [1.82, 2.24) is 0 Å². The minimum absolute atomic E-state index is 0.0433. The molecule has 2 aromatic rings. The summed E-state index contributed by atoms with van der Waals surface area (Å²) in [5.41, 5.74) is 12.0. The fourth-order valence-electron chi connectivity index (χ4n) is 1.80. The van der Waals surface area contributed by atoms with E-state index in [1.165, 1.54) is 25.2 Å². The van der Waals surface area contributed by atoms with Crippen LogP contribution in [0.25, 0.3) is 0 Å². The fourth-order valence-corrected chi connectivity index (χ4v) is 1.80. The Morgan fingerprint density at radius 1 is 1.10 bits per heavy atom. The molecule has 0 aliphatic rings. The molecule has 2 rings (SSSR count). The van der Waals surface area contributed by atoms with E-state index >= 15 is 0 Å². The highest BCUT2D eigenvalue weighted by molar-refractivity contribution is 6.09. The molecule has 0 spiro atoms. The summed E-state index contributed by atoms with van der Waals surface area (Å²) in [7, 11) is 1.38. The lowest BCUT2D eigenvalue weighted by molar-refractivity contribution is 0.0993. The molecule has 0 unspecified atom stereocenters. The Labute approximate surface area is 114 Å². The van der Waals surface area contributed by atoms with Crippen molar-refractivity contribution in [1.29, 1.82) is 0 Å². The van der Waals surface area contributed by atoms with Crippen molar-refractivity contribution >= 4 is 23.0 Å². The standard InChI is InChI=1S/C14H13F2N3O/c1-19(13-5-2-8(15)6-11(13)16)14(20)10-7-9(17)3-4-12(10)18/h2-7H,17-18H2,1H3. The quantitative estimate of drug-likeness (QED) is 0.828. The summed E-state index contributed by atoms with van der Waals surface area (Å²) in [4.78, 5) is 13.3. The van der Waals surface area contributed by atoms with E-state index in [4.69, 9.17) is 11.5 Å². The van der Waals surface area contributed by atoms with E-state index in [9.17, 15) is 13.6 Å². The highest BCUT2D eigenvalue weighted by Gasteiger charge is 2.19. The summed E-state index contributed by atoms with van der Waals surface area (Å²) in [6.07, 6.45) is 0. The van der Waals surface area contributed by atoms with E-state index in [-0.39, 0.29) is 16.9 Å². The number of hydrogen-bond donors (Lipinski definition) is 2. The van der Waals surface area contributed by atoms with Crippen molar-refractivity contribution in [2.75, 3.05) is 23.4 Å². The second kappa shape index (κ2) is 5.16. The molecule has 4 nitrogen and oxygen atoms in total. The van der Waals surface area contributed by atoms with Crippen LogP contribution in [0.2, 0.25) is 0 Å². The van der Waals surface area contributed by atoms with Crippen LogP contribution in [-0.2, 0) is 0 Å². The Bertz CT molecular complexity index is 673. The minimum atomic E-state index is -0.830. The molecule has 0 aliphatic heterocycles. The van der Waals surface area contributed by atoms with Crippen LogP contribution in [0.3, 0.4) is 0 Å². The van der Waals surface area contributed by atoms with Crippen molar-refractivity contribution in [2.45, 2.75) is 0 Å². The predicted octanol–water partition coefficient (Wildman–Crippen LogP) is 2.41. The van der Waals surface area contributed by atoms with Crippen molar-refractivity contribution in [3.05, 3.63) is 53.6 Å². The number of amides is 1. The zero-order chi connectivity index (χ0) is 14.9. The number of nitrogens with zero attached hydrogens (tertiary/aromatic N) is 1. The largest absolute Gasteiger partial charge is 0.399 e. The second-order valence-corrected chi connectivity index (χ2v) is 4.31. The first kappa shape index (κ1) is 13.8. The van der Waals surface area contributed by atoms with Crippen LogP contribution in [0.4, 0.5) is 25.8 Å². The second-order valence-electron chi connectivity index (χ2n) is 4.31. The van der Waals surface area contributed by atoms with Crippen molar-refractivity contribution in [3.63, 3.8) is 0 Å². The van der Waals surface area contributed by atoms with Crippen LogP contribution in [-0.4, -0.2) is 13.0 Å². The number of benzene rings is 2. The van der Waals surface area contributed by atoms with Crippen LogP contribution in [0.5, 0.6) is 0 Å². The van der Waals surface area contributed by atoms with Gasteiger partial charge in [-0.2, -0.15) is 0 Å². The molecule has 0 aromatic heterocycles. The number of carbonyl (C=O) groups is 1. The number of nitrogen functional groups attached to an aromatic ring is 2. The van der Waals surface area contributed by atoms with E-state index in [1.54, 1.807) is 6.07 Å². The van der Waals surface area contributed by atoms with Gasteiger partial charge in [0.1, 0.15) is 11.6 Å². The maximum Gasteiger partial charge on any atom is 0.260 e. The van der Waals surface area contributed by atoms with Crippen molar-refractivity contribution in [3.8, 4) is 0 Å². The number of hydrogen-bond acceptors (Lipinski definition) is 3. The molecule has 0 fully saturated rings. The Kier molecular flexibility index (Phi) is 3.56. The SMILES string of the molecule is CN(C(=O)c1cc(N)ccc1N)c1ccc(F)cc1F. The highest BCUT2D eigenvalue weighted by Crippen LogP contribution is 2.23. The molecule has 6 heteroatoms. The van der Waals surface area contributed by atoms with Crippen LogP contribution in [0.1, 0.15) is 10.4 Å². The maximum atomic E-state index is 13.7. The van der Waals surface area contributed by atoms with E-state index in [1.807, 2.05) is 0 Å². The van der Waals surface area contributed by atoms with Gasteiger partial charge in [-0.3, -0.25) is 4.79 Å². The third-order valence-electron chi connectivity index (χ3n) is 2.88. The number of carbonyl (C=O) groups excluding carboxylic acids is 1. The zero-order valence-electron chi connectivity index (χ0n) is 10.7. The van der Waals surface area contributed by atoms with E-state index in [0.717, 1.165) is 11.0 Å². The number of nitrogens with two attached hydrogens (primary N) is 2. The van der Waals surface area contributed by atoms with Gasteiger partial charge in [0.2, 0.25) is 0 Å². The number of halogens is 2. The zero-order valence-corrected chi connectivity index (χ0v) is 10.7. The molecule has 0 atom stereocenters. The molecule has 0 saturated carbocycles. The lowest BCUT2D eigenvalue weighted by atomic mass is 10.1. The Morgan fingerprint density at radius 3 is 2.45 bits per heavy atom. The summed E-state index contributed by atoms with van der Waals surface area (Å²) < 4.78 is 26.5. The normalized spacial score (nSPS) is 10.3. The average molecular weight is 277 g/mol. The Hall–Kier alpha value is -2.63. The maximum absolute atomic E-state index is 13.7. The third kappa shape index (κ3) is 2.54. The summed E-state index contributed by atoms with van der Waals surface area (Å²) in [5, 5.41) is 0. The monoisotopic (exact) mass is 277 g/mol. The molecule has 1 amide bonds. The van der Waals surface area contributed by atoms with E-state index < -0.39 is 17.5 Å². The van der Waals surface area contributed by atoms with Crippen LogP contribution in [0.15, 0.2) is 36.4 Å². The van der Waals surface area contributed by atoms with Gasteiger partial charge in [-0.1, -0.05) is 0 Å². The predicted molar refractivity (Wildman–Crippen MR) is 74.4 cm³/mol. The van der Waals surface area contributed by atoms with Gasteiger partial charge >= 0.3 is 0 Å². The summed E-state index contributed by atoms with van der Waals surface area (Å²) in [6, 6.07) is 7.44. The summed E-state index contributed by atoms with van der Waals surface area (Å²) >= 11 is 0. The van der Waals surface area contributed by atoms with Gasteiger partial charge in [-0.25, -0.2) is 8.78 Å². The number of rotatable bonds is 2. The Balaban J connectivity index is 2.40. The van der Waals surface area contributed by atoms with Crippen LogP contribution >= 0.6 is 0 Å². The molecular formula is C14H13F2N3O. The van der Waals surface area contributed by atoms with Crippen molar-refractivity contribution < 1.29 is 13.6 Å². The lowest BCUT2D eigenvalue weighted by Crippen LogP contribution is -2.28. The molecular weight excluding hydrogens is 264 g/mol. The van der Waals surface area contributed by atoms with Gasteiger partial charge in [0.25, 0.3) is 5.91 Å². The van der Waals surface area contributed by atoms with Gasteiger partial charge in [-0.15, -0.1) is 0 Å². The Morgan fingerprint density at radius 2 is 1.80 bits per heavy atom. The average Bonchev–Trinajstić information content (AvgIpc) is 2.40. The van der Waals surface area contributed by atoms with Gasteiger partial charge < -0.3 is 16.4 Å². The first-order chi connectivity index (χ1) is 9.40.